The summed E-state index contributed by atoms with van der Waals surface area (Å²) in [6.45, 7) is 0. The van der Waals surface area contributed by atoms with Gasteiger partial charge < -0.3 is 10.8 Å². The predicted molar refractivity (Wildman–Crippen MR) is 43.2 cm³/mol. The van der Waals surface area contributed by atoms with Crippen molar-refractivity contribution in [3.05, 3.63) is 12.2 Å². The van der Waals surface area contributed by atoms with Gasteiger partial charge in [0.15, 0.2) is 0 Å². The van der Waals surface area contributed by atoms with E-state index in [0.29, 0.717) is 11.8 Å². The molecule has 0 amide bonds. The molecule has 2 aliphatic rings. The minimum atomic E-state index is -0.459. The highest BCUT2D eigenvalue weighted by Gasteiger charge is 2.46. The van der Waals surface area contributed by atoms with E-state index in [1.807, 2.05) is 0 Å². The normalized spacial score (nSPS) is 46.2. The molecule has 11 heavy (non-hydrogen) atoms. The number of allylic oxidation sites excluding steroid dienone is 2. The summed E-state index contributed by atoms with van der Waals surface area (Å²) in [5, 5.41) is 14.3. The van der Waals surface area contributed by atoms with Crippen LogP contribution in [-0.2, 0) is 0 Å². The van der Waals surface area contributed by atoms with Crippen molar-refractivity contribution in [3.63, 3.8) is 0 Å². The Morgan fingerprint density at radius 3 is 2.27 bits per heavy atom. The van der Waals surface area contributed by atoms with Gasteiger partial charge in [-0.15, -0.1) is 0 Å². The van der Waals surface area contributed by atoms with Crippen molar-refractivity contribution >= 4 is 12.4 Å². The number of nitrogens with one attached hydrogen (secondary N) is 2. The van der Waals surface area contributed by atoms with Crippen molar-refractivity contribution in [1.29, 1.82) is 10.8 Å². The fourth-order valence-corrected chi connectivity index (χ4v) is 2.18. The van der Waals surface area contributed by atoms with Crippen LogP contribution in [0.5, 0.6) is 0 Å². The first-order chi connectivity index (χ1) is 5.30. The highest BCUT2D eigenvalue weighted by molar-refractivity contribution is 5.88. The fourth-order valence-electron chi connectivity index (χ4n) is 2.18. The molecule has 2 rings (SSSR count). The Morgan fingerprint density at radius 2 is 2.00 bits per heavy atom. The molecule has 1 saturated carbocycles. The van der Waals surface area contributed by atoms with E-state index in [2.05, 4.69) is 24.6 Å². The van der Waals surface area contributed by atoms with Crippen LogP contribution < -0.4 is 0 Å². The second kappa shape index (κ2) is 2.03. The number of fused-ring (bicyclic) bond motifs is 2. The Balaban J connectivity index is 2.35. The average molecular weight is 146 g/mol. The molecule has 0 unspecified atom stereocenters. The molecule has 2 nitrogen and oxygen atoms in total. The maximum atomic E-state index is 7.14. The lowest BCUT2D eigenvalue weighted by molar-refractivity contribution is 0.498. The molecule has 0 aromatic rings. The zero-order valence-electron chi connectivity index (χ0n) is 6.22. The SMILES string of the molecule is N=[C]C1([C]=N)C[C@H]2C=C[C@@H]1C2. The van der Waals surface area contributed by atoms with Gasteiger partial charge in [-0.3, -0.25) is 0 Å². The molecular weight excluding hydrogens is 136 g/mol. The van der Waals surface area contributed by atoms with Crippen LogP contribution in [0.2, 0.25) is 0 Å². The smallest absolute Gasteiger partial charge is 0.0659 e. The van der Waals surface area contributed by atoms with E-state index >= 15 is 0 Å². The number of hydrogen-bond acceptors (Lipinski definition) is 2. The molecule has 2 heteroatoms. The van der Waals surface area contributed by atoms with Crippen molar-refractivity contribution < 1.29 is 0 Å². The molecule has 0 spiro atoms. The fraction of sp³-hybridized carbons (Fsp3) is 0.556. The molecule has 0 saturated heterocycles. The highest BCUT2D eigenvalue weighted by Crippen LogP contribution is 2.49. The van der Waals surface area contributed by atoms with Gasteiger partial charge in [0, 0.05) is 0 Å². The summed E-state index contributed by atoms with van der Waals surface area (Å²) in [6, 6.07) is 0. The van der Waals surface area contributed by atoms with Gasteiger partial charge in [-0.2, -0.15) is 0 Å². The van der Waals surface area contributed by atoms with Crippen molar-refractivity contribution in [2.45, 2.75) is 12.8 Å². The predicted octanol–water partition coefficient (Wildman–Crippen LogP) is 1.62. The molecule has 2 radical (unpaired) electrons. The summed E-state index contributed by atoms with van der Waals surface area (Å²) < 4.78 is 0. The average Bonchev–Trinajstić information content (AvgIpc) is 2.62. The largest absolute Gasteiger partial charge is 0.302 e. The summed E-state index contributed by atoms with van der Waals surface area (Å²) in [6.07, 6.45) is 11.2. The molecule has 56 valence electrons. The van der Waals surface area contributed by atoms with Gasteiger partial charge in [0.2, 0.25) is 0 Å². The van der Waals surface area contributed by atoms with E-state index in [0.717, 1.165) is 12.8 Å². The molecular formula is C9H10N2. The van der Waals surface area contributed by atoms with Gasteiger partial charge in [-0.05, 0) is 24.7 Å². The first kappa shape index (κ1) is 6.77. The first-order valence-corrected chi connectivity index (χ1v) is 3.87. The number of rotatable bonds is 2. The second-order valence-electron chi connectivity index (χ2n) is 3.41. The van der Waals surface area contributed by atoms with Crippen LogP contribution in [0.4, 0.5) is 0 Å². The maximum absolute atomic E-state index is 7.14. The third kappa shape index (κ3) is 0.724. The molecule has 2 atom stereocenters. The van der Waals surface area contributed by atoms with E-state index in [1.165, 1.54) is 0 Å². The molecule has 1 fully saturated rings. The quantitative estimate of drug-likeness (QED) is 0.439. The van der Waals surface area contributed by atoms with Crippen molar-refractivity contribution in [3.8, 4) is 0 Å². The van der Waals surface area contributed by atoms with Gasteiger partial charge in [-0.25, -0.2) is 0 Å². The van der Waals surface area contributed by atoms with Gasteiger partial charge in [0.05, 0.1) is 17.8 Å². The van der Waals surface area contributed by atoms with Crippen LogP contribution in [-0.4, -0.2) is 12.4 Å². The van der Waals surface area contributed by atoms with E-state index in [1.54, 1.807) is 0 Å². The van der Waals surface area contributed by atoms with Crippen molar-refractivity contribution in [1.82, 2.24) is 0 Å². The lowest BCUT2D eigenvalue weighted by Gasteiger charge is -2.23. The Bertz CT molecular complexity index is 222. The molecule has 2 aliphatic carbocycles. The van der Waals surface area contributed by atoms with Crippen LogP contribution in [0, 0.1) is 28.1 Å². The Kier molecular flexibility index (Phi) is 1.25. The lowest BCUT2D eigenvalue weighted by atomic mass is 9.78. The third-order valence-electron chi connectivity index (χ3n) is 2.84. The molecule has 0 aliphatic heterocycles. The van der Waals surface area contributed by atoms with E-state index in [4.69, 9.17) is 10.8 Å². The summed E-state index contributed by atoms with van der Waals surface area (Å²) in [4.78, 5) is 0. The Labute approximate surface area is 66.3 Å². The second-order valence-corrected chi connectivity index (χ2v) is 3.41. The van der Waals surface area contributed by atoms with Crippen molar-refractivity contribution in [2.24, 2.45) is 17.3 Å². The summed E-state index contributed by atoms with van der Waals surface area (Å²) in [5.41, 5.74) is -0.459. The highest BCUT2D eigenvalue weighted by atomic mass is 14.6. The van der Waals surface area contributed by atoms with Crippen LogP contribution in [0.25, 0.3) is 0 Å². The van der Waals surface area contributed by atoms with Gasteiger partial charge in [0.25, 0.3) is 0 Å². The Morgan fingerprint density at radius 1 is 1.27 bits per heavy atom. The number of hydrogen-bond donors (Lipinski definition) is 2. The molecule has 2 bridgehead atoms. The standard InChI is InChI=1S/C9H10N2/c10-5-9(6-11)4-7-1-2-8(9)3-7/h1-2,7-8,10-11H,3-4H2/t7-,8+,9?/m0/s1. The lowest BCUT2D eigenvalue weighted by Crippen LogP contribution is -2.28. The summed E-state index contributed by atoms with van der Waals surface area (Å²) in [7, 11) is 0. The third-order valence-corrected chi connectivity index (χ3v) is 2.84. The monoisotopic (exact) mass is 146 g/mol. The molecule has 0 aromatic carbocycles. The summed E-state index contributed by atoms with van der Waals surface area (Å²) in [5.74, 6) is 0.915. The molecule has 0 heterocycles. The topological polar surface area (TPSA) is 47.7 Å². The van der Waals surface area contributed by atoms with E-state index in [9.17, 15) is 0 Å². The van der Waals surface area contributed by atoms with Crippen LogP contribution >= 0.6 is 0 Å². The minimum absolute atomic E-state index is 0.336. The first-order valence-electron chi connectivity index (χ1n) is 3.87. The molecule has 0 aromatic heterocycles. The van der Waals surface area contributed by atoms with Crippen molar-refractivity contribution in [2.75, 3.05) is 0 Å². The molecule has 2 N–H and O–H groups in total. The van der Waals surface area contributed by atoms with Crippen LogP contribution in [0.15, 0.2) is 12.2 Å². The summed E-state index contributed by atoms with van der Waals surface area (Å²) >= 11 is 0. The zero-order chi connectivity index (χ0) is 7.90. The Hall–Kier alpha value is -0.920. The van der Waals surface area contributed by atoms with E-state index in [-0.39, 0.29) is 0 Å². The van der Waals surface area contributed by atoms with E-state index < -0.39 is 5.41 Å². The minimum Gasteiger partial charge on any atom is -0.302 e. The van der Waals surface area contributed by atoms with Gasteiger partial charge in [0.1, 0.15) is 0 Å². The van der Waals surface area contributed by atoms with Crippen LogP contribution in [0.3, 0.4) is 0 Å². The van der Waals surface area contributed by atoms with Crippen LogP contribution in [0.1, 0.15) is 12.8 Å². The van der Waals surface area contributed by atoms with Gasteiger partial charge >= 0.3 is 0 Å². The zero-order valence-corrected chi connectivity index (χ0v) is 6.22. The maximum Gasteiger partial charge on any atom is 0.0659 e. The van der Waals surface area contributed by atoms with Gasteiger partial charge in [-0.1, -0.05) is 12.2 Å².